The Morgan fingerprint density at radius 2 is 1.78 bits per heavy atom. The highest BCUT2D eigenvalue weighted by Crippen LogP contribution is 2.31. The van der Waals surface area contributed by atoms with E-state index >= 15 is 0 Å². The smallest absolute Gasteiger partial charge is 0.323 e. The molecule has 0 radical (unpaired) electrons. The molecule has 0 saturated carbocycles. The van der Waals surface area contributed by atoms with Crippen LogP contribution in [0.5, 0.6) is 11.5 Å². The number of aliphatic hydroxyl groups is 1. The highest BCUT2D eigenvalue weighted by atomic mass is 19.1. The summed E-state index contributed by atoms with van der Waals surface area (Å²) in [6.45, 7) is 5.35. The molecule has 3 amide bonds. The van der Waals surface area contributed by atoms with Gasteiger partial charge in [-0.2, -0.15) is 0 Å². The van der Waals surface area contributed by atoms with Crippen LogP contribution in [0.3, 0.4) is 0 Å². The predicted molar refractivity (Wildman–Crippen MR) is 156 cm³/mol. The van der Waals surface area contributed by atoms with E-state index < -0.39 is 17.9 Å². The van der Waals surface area contributed by atoms with Crippen molar-refractivity contribution in [1.29, 1.82) is 0 Å². The molecule has 218 valence electrons. The van der Waals surface area contributed by atoms with Gasteiger partial charge in [0, 0.05) is 36.9 Å². The second kappa shape index (κ2) is 13.5. The number of anilines is 2. The van der Waals surface area contributed by atoms with Crippen molar-refractivity contribution in [3.05, 3.63) is 83.7 Å². The van der Waals surface area contributed by atoms with Crippen LogP contribution in [0.25, 0.3) is 0 Å². The molecule has 1 heterocycles. The Bertz CT molecular complexity index is 1340. The molecule has 0 saturated heterocycles. The van der Waals surface area contributed by atoms with Gasteiger partial charge in [0.2, 0.25) is 0 Å². The molecule has 1 aliphatic heterocycles. The third-order valence-electron chi connectivity index (χ3n) is 7.13. The van der Waals surface area contributed by atoms with Crippen molar-refractivity contribution in [3.8, 4) is 11.5 Å². The van der Waals surface area contributed by atoms with Gasteiger partial charge < -0.3 is 30.1 Å². The number of amides is 3. The van der Waals surface area contributed by atoms with Gasteiger partial charge in [-0.3, -0.25) is 9.69 Å². The minimum atomic E-state index is -0.539. The van der Waals surface area contributed by atoms with Crippen molar-refractivity contribution in [2.45, 2.75) is 32.5 Å². The fourth-order valence-corrected chi connectivity index (χ4v) is 4.76. The van der Waals surface area contributed by atoms with E-state index in [0.29, 0.717) is 42.3 Å². The van der Waals surface area contributed by atoms with Crippen LogP contribution >= 0.6 is 0 Å². The summed E-state index contributed by atoms with van der Waals surface area (Å²) >= 11 is 0. The topological polar surface area (TPSA) is 103 Å². The molecule has 3 atom stereocenters. The number of nitrogens with zero attached hydrogens (tertiary/aromatic N) is 2. The van der Waals surface area contributed by atoms with Gasteiger partial charge in [0.15, 0.2) is 0 Å². The minimum absolute atomic E-state index is 0.0290. The first-order valence-electron chi connectivity index (χ1n) is 13.5. The van der Waals surface area contributed by atoms with E-state index in [1.54, 1.807) is 37.1 Å². The maximum Gasteiger partial charge on any atom is 0.323 e. The van der Waals surface area contributed by atoms with Crippen LogP contribution in [0.1, 0.15) is 29.8 Å². The molecule has 9 nitrogen and oxygen atoms in total. The van der Waals surface area contributed by atoms with Crippen LogP contribution in [0, 0.1) is 11.7 Å². The molecule has 4 rings (SSSR count). The SMILES string of the molecule is COc1ccc(CN(C)C[C@H]2Oc3ccc(NC(=O)Nc4ccc(F)cc4)cc3C(=O)N([C@@H](C)CO)C[C@@H]2C)cc1. The van der Waals surface area contributed by atoms with E-state index in [9.17, 15) is 19.1 Å². The van der Waals surface area contributed by atoms with Crippen molar-refractivity contribution < 1.29 is 28.6 Å². The van der Waals surface area contributed by atoms with Crippen molar-refractivity contribution in [2.24, 2.45) is 5.92 Å². The Morgan fingerprint density at radius 1 is 1.12 bits per heavy atom. The molecular formula is C31H37FN4O5. The minimum Gasteiger partial charge on any atom is -0.497 e. The lowest BCUT2D eigenvalue weighted by Gasteiger charge is -2.38. The second-order valence-corrected chi connectivity index (χ2v) is 10.5. The van der Waals surface area contributed by atoms with Crippen molar-refractivity contribution in [2.75, 3.05) is 44.5 Å². The standard InChI is InChI=1S/C31H37FN4O5/c1-20-16-36(21(2)19-37)30(38)27-15-25(34-31(39)33-24-9-7-23(32)8-10-24)11-14-28(27)41-29(20)18-35(3)17-22-5-12-26(40-4)13-6-22/h5-15,20-21,29,37H,16-19H2,1-4H3,(H2,33,34,39)/t20-,21-,29+/m0/s1. The van der Waals surface area contributed by atoms with E-state index in [-0.39, 0.29) is 24.5 Å². The molecule has 0 aromatic heterocycles. The lowest BCUT2D eigenvalue weighted by Crippen LogP contribution is -2.49. The summed E-state index contributed by atoms with van der Waals surface area (Å²) in [4.78, 5) is 30.1. The van der Waals surface area contributed by atoms with Crippen molar-refractivity contribution in [1.82, 2.24) is 9.80 Å². The van der Waals surface area contributed by atoms with Gasteiger partial charge >= 0.3 is 6.03 Å². The molecule has 0 aliphatic carbocycles. The average Bonchev–Trinajstić information content (AvgIpc) is 2.96. The number of benzene rings is 3. The Balaban J connectivity index is 1.54. The number of nitrogens with one attached hydrogen (secondary N) is 2. The van der Waals surface area contributed by atoms with Gasteiger partial charge in [-0.1, -0.05) is 19.1 Å². The number of halogens is 1. The highest BCUT2D eigenvalue weighted by Gasteiger charge is 2.33. The van der Waals surface area contributed by atoms with Crippen LogP contribution in [0.2, 0.25) is 0 Å². The number of likely N-dealkylation sites (N-methyl/N-ethyl adjacent to an activating group) is 1. The monoisotopic (exact) mass is 564 g/mol. The lowest BCUT2D eigenvalue weighted by molar-refractivity contribution is 0.0341. The third-order valence-corrected chi connectivity index (χ3v) is 7.13. The molecule has 1 aliphatic rings. The Morgan fingerprint density at radius 3 is 2.44 bits per heavy atom. The number of aliphatic hydroxyl groups excluding tert-OH is 1. The van der Waals surface area contributed by atoms with Crippen LogP contribution in [-0.4, -0.2) is 72.8 Å². The van der Waals surface area contributed by atoms with E-state index in [1.165, 1.54) is 24.3 Å². The number of carbonyl (C=O) groups is 2. The van der Waals surface area contributed by atoms with Gasteiger partial charge in [0.1, 0.15) is 23.4 Å². The number of hydrogen-bond acceptors (Lipinski definition) is 6. The fourth-order valence-electron chi connectivity index (χ4n) is 4.76. The summed E-state index contributed by atoms with van der Waals surface area (Å²) in [5.74, 6) is 0.482. The van der Waals surface area contributed by atoms with E-state index in [4.69, 9.17) is 9.47 Å². The number of rotatable bonds is 9. The van der Waals surface area contributed by atoms with Gasteiger partial charge in [-0.15, -0.1) is 0 Å². The molecule has 0 fully saturated rings. The van der Waals surface area contributed by atoms with Crippen molar-refractivity contribution >= 4 is 23.3 Å². The molecule has 41 heavy (non-hydrogen) atoms. The van der Waals surface area contributed by atoms with Gasteiger partial charge in [0.05, 0.1) is 25.3 Å². The summed E-state index contributed by atoms with van der Waals surface area (Å²) < 4.78 is 24.9. The lowest BCUT2D eigenvalue weighted by atomic mass is 9.99. The summed E-state index contributed by atoms with van der Waals surface area (Å²) in [5.41, 5.74) is 2.24. The van der Waals surface area contributed by atoms with Crippen LogP contribution in [-0.2, 0) is 6.54 Å². The third kappa shape index (κ3) is 7.74. The number of fused-ring (bicyclic) bond motifs is 1. The fraction of sp³-hybridized carbons (Fsp3) is 0.355. The Hall–Kier alpha value is -4.15. The molecule has 10 heteroatoms. The molecule has 3 aromatic carbocycles. The number of hydrogen-bond donors (Lipinski definition) is 3. The largest absolute Gasteiger partial charge is 0.497 e. The molecule has 3 aromatic rings. The highest BCUT2D eigenvalue weighted by molar-refractivity contribution is 6.02. The zero-order chi connectivity index (χ0) is 29.5. The molecular weight excluding hydrogens is 527 g/mol. The van der Waals surface area contributed by atoms with E-state index in [0.717, 1.165) is 11.3 Å². The zero-order valence-corrected chi connectivity index (χ0v) is 23.8. The molecule has 0 unspecified atom stereocenters. The van der Waals surface area contributed by atoms with E-state index in [2.05, 4.69) is 15.5 Å². The Kier molecular flexibility index (Phi) is 9.80. The summed E-state index contributed by atoms with van der Waals surface area (Å²) in [5, 5.41) is 15.3. The summed E-state index contributed by atoms with van der Waals surface area (Å²) in [6, 6.07) is 17.3. The second-order valence-electron chi connectivity index (χ2n) is 10.5. The number of carbonyl (C=O) groups excluding carboxylic acids is 2. The predicted octanol–water partition coefficient (Wildman–Crippen LogP) is 4.83. The normalized spacial score (nSPS) is 17.6. The molecule has 0 spiro atoms. The quantitative estimate of drug-likeness (QED) is 0.344. The van der Waals surface area contributed by atoms with Crippen LogP contribution < -0.4 is 20.1 Å². The van der Waals surface area contributed by atoms with Crippen molar-refractivity contribution in [3.63, 3.8) is 0 Å². The zero-order valence-electron chi connectivity index (χ0n) is 23.8. The van der Waals surface area contributed by atoms with E-state index in [1.807, 2.05) is 38.2 Å². The molecule has 3 N–H and O–H groups in total. The Labute approximate surface area is 239 Å². The first kappa shape index (κ1) is 29.8. The maximum absolute atomic E-state index is 13.7. The van der Waals surface area contributed by atoms with Gasteiger partial charge in [-0.05, 0) is 74.1 Å². The number of ether oxygens (including phenoxy) is 2. The number of methoxy groups -OCH3 is 1. The maximum atomic E-state index is 13.7. The van der Waals surface area contributed by atoms with Crippen LogP contribution in [0.4, 0.5) is 20.6 Å². The average molecular weight is 565 g/mol. The van der Waals surface area contributed by atoms with Crippen LogP contribution in [0.15, 0.2) is 66.7 Å². The molecule has 0 bridgehead atoms. The number of urea groups is 1. The first-order valence-corrected chi connectivity index (χ1v) is 13.5. The van der Waals surface area contributed by atoms with Gasteiger partial charge in [0.25, 0.3) is 5.91 Å². The summed E-state index contributed by atoms with van der Waals surface area (Å²) in [7, 11) is 3.66. The first-order chi connectivity index (χ1) is 19.7. The van der Waals surface area contributed by atoms with Gasteiger partial charge in [-0.25, -0.2) is 9.18 Å². The summed E-state index contributed by atoms with van der Waals surface area (Å²) in [6.07, 6.45) is -0.251.